The van der Waals surface area contributed by atoms with Crippen molar-refractivity contribution >= 4 is 48.0 Å². The molecule has 164 valence electrons. The Kier molecular flexibility index (Phi) is 10.8. The van der Waals surface area contributed by atoms with Gasteiger partial charge in [-0.3, -0.25) is 9.59 Å². The van der Waals surface area contributed by atoms with Crippen LogP contribution in [0.2, 0.25) is 0 Å². The van der Waals surface area contributed by atoms with Gasteiger partial charge in [0.05, 0.1) is 0 Å². The second-order valence-electron chi connectivity index (χ2n) is 7.85. The molecule has 1 saturated carbocycles. The first-order valence-corrected chi connectivity index (χ1v) is 10.3. The number of rotatable bonds is 7. The number of nitrogens with zero attached hydrogens (tertiary/aromatic N) is 1. The van der Waals surface area contributed by atoms with Crippen LogP contribution in [0.1, 0.15) is 51.9 Å². The molecule has 1 aromatic rings. The Morgan fingerprint density at radius 1 is 1.21 bits per heavy atom. The molecule has 6 nitrogen and oxygen atoms in total. The summed E-state index contributed by atoms with van der Waals surface area (Å²) in [7, 11) is 0. The van der Waals surface area contributed by atoms with E-state index in [1.165, 1.54) is 12.8 Å². The van der Waals surface area contributed by atoms with E-state index in [0.29, 0.717) is 12.8 Å². The zero-order chi connectivity index (χ0) is 19.2. The summed E-state index contributed by atoms with van der Waals surface area (Å²) < 4.78 is 0. The van der Waals surface area contributed by atoms with Crippen LogP contribution in [0.15, 0.2) is 24.3 Å². The average molecular weight is 445 g/mol. The predicted molar refractivity (Wildman–Crippen MR) is 123 cm³/mol. The fourth-order valence-corrected chi connectivity index (χ4v) is 4.09. The summed E-state index contributed by atoms with van der Waals surface area (Å²) in [5.74, 6) is -0.251. The van der Waals surface area contributed by atoms with E-state index in [4.69, 9.17) is 5.73 Å². The number of hydrogen-bond acceptors (Lipinski definition) is 4. The van der Waals surface area contributed by atoms with Crippen LogP contribution >= 0.6 is 24.8 Å². The number of nitrogens with one attached hydrogen (secondary N) is 2. The quantitative estimate of drug-likeness (QED) is 0.600. The summed E-state index contributed by atoms with van der Waals surface area (Å²) in [5.41, 5.74) is 7.84. The zero-order valence-corrected chi connectivity index (χ0v) is 18.7. The van der Waals surface area contributed by atoms with Crippen LogP contribution in [-0.2, 0) is 9.59 Å². The molecule has 3 atom stereocenters. The smallest absolute Gasteiger partial charge is 0.246 e. The van der Waals surface area contributed by atoms with E-state index < -0.39 is 6.04 Å². The van der Waals surface area contributed by atoms with Gasteiger partial charge in [0.1, 0.15) is 6.04 Å². The fourth-order valence-electron chi connectivity index (χ4n) is 4.09. The Labute approximate surface area is 186 Å². The van der Waals surface area contributed by atoms with E-state index in [1.807, 2.05) is 25.1 Å². The van der Waals surface area contributed by atoms with E-state index in [1.54, 1.807) is 0 Å². The Morgan fingerprint density at radius 2 is 1.93 bits per heavy atom. The van der Waals surface area contributed by atoms with Gasteiger partial charge < -0.3 is 21.3 Å². The second-order valence-corrected chi connectivity index (χ2v) is 7.85. The van der Waals surface area contributed by atoms with Gasteiger partial charge in [-0.05, 0) is 56.7 Å². The van der Waals surface area contributed by atoms with E-state index in [9.17, 15) is 9.59 Å². The number of halogens is 2. The van der Waals surface area contributed by atoms with Gasteiger partial charge in [0, 0.05) is 36.4 Å². The summed E-state index contributed by atoms with van der Waals surface area (Å²) in [5, 5.41) is 5.94. The summed E-state index contributed by atoms with van der Waals surface area (Å²) in [6, 6.07) is 7.57. The molecule has 1 heterocycles. The minimum atomic E-state index is -0.505. The van der Waals surface area contributed by atoms with Crippen molar-refractivity contribution in [3.63, 3.8) is 0 Å². The molecule has 2 amide bonds. The Morgan fingerprint density at radius 3 is 2.55 bits per heavy atom. The third-order valence-corrected chi connectivity index (χ3v) is 5.64. The summed E-state index contributed by atoms with van der Waals surface area (Å²) in [6.45, 7) is 4.15. The monoisotopic (exact) mass is 444 g/mol. The molecular formula is C21H34Cl2N4O2. The Bertz CT molecular complexity index is 668. The molecule has 29 heavy (non-hydrogen) atoms. The SMILES string of the molecule is CCCC(NC(=O)C1CCC(N)C1)C(=O)Nc1cccc(N2CCCC2)c1.Cl.Cl. The number of amides is 2. The number of benzene rings is 1. The lowest BCUT2D eigenvalue weighted by Gasteiger charge is -2.21. The lowest BCUT2D eigenvalue weighted by atomic mass is 10.0. The standard InChI is InChI=1S/C21H32N4O2.2ClH/c1-2-6-19(24-20(26)15-9-10-16(22)13-15)21(27)23-17-7-5-8-18(14-17)25-11-3-4-12-25;;/h5,7-8,14-16,19H,2-4,6,9-13,22H2,1H3,(H,23,27)(H,24,26);2*1H. The highest BCUT2D eigenvalue weighted by atomic mass is 35.5. The molecule has 4 N–H and O–H groups in total. The van der Waals surface area contributed by atoms with Crippen molar-refractivity contribution in [1.29, 1.82) is 0 Å². The molecule has 0 aromatic heterocycles. The predicted octanol–water partition coefficient (Wildman–Crippen LogP) is 3.48. The summed E-state index contributed by atoms with van der Waals surface area (Å²) >= 11 is 0. The highest BCUT2D eigenvalue weighted by Crippen LogP contribution is 2.25. The molecule has 3 unspecified atom stereocenters. The highest BCUT2D eigenvalue weighted by molar-refractivity contribution is 5.97. The lowest BCUT2D eigenvalue weighted by molar-refractivity contribution is -0.129. The lowest BCUT2D eigenvalue weighted by Crippen LogP contribution is -2.45. The minimum Gasteiger partial charge on any atom is -0.371 e. The van der Waals surface area contributed by atoms with Crippen molar-refractivity contribution in [2.75, 3.05) is 23.3 Å². The average Bonchev–Trinajstić information content (AvgIpc) is 3.33. The van der Waals surface area contributed by atoms with Gasteiger partial charge in [0.2, 0.25) is 11.8 Å². The first-order valence-electron chi connectivity index (χ1n) is 10.3. The molecule has 3 rings (SSSR count). The third kappa shape index (κ3) is 7.05. The van der Waals surface area contributed by atoms with E-state index in [0.717, 1.165) is 43.7 Å². The third-order valence-electron chi connectivity index (χ3n) is 5.64. The molecular weight excluding hydrogens is 411 g/mol. The summed E-state index contributed by atoms with van der Waals surface area (Å²) in [6.07, 6.45) is 6.29. The van der Waals surface area contributed by atoms with Crippen LogP contribution in [0.3, 0.4) is 0 Å². The number of anilines is 2. The second kappa shape index (κ2) is 12.3. The largest absolute Gasteiger partial charge is 0.371 e. The van der Waals surface area contributed by atoms with Crippen molar-refractivity contribution in [2.24, 2.45) is 11.7 Å². The maximum Gasteiger partial charge on any atom is 0.246 e. The summed E-state index contributed by atoms with van der Waals surface area (Å²) in [4.78, 5) is 27.6. The van der Waals surface area contributed by atoms with Crippen LogP contribution in [0.5, 0.6) is 0 Å². The van der Waals surface area contributed by atoms with Gasteiger partial charge in [-0.2, -0.15) is 0 Å². The van der Waals surface area contributed by atoms with E-state index >= 15 is 0 Å². The fraction of sp³-hybridized carbons (Fsp3) is 0.619. The first kappa shape index (κ1) is 25.5. The zero-order valence-electron chi connectivity index (χ0n) is 17.1. The molecule has 0 radical (unpaired) electrons. The van der Waals surface area contributed by atoms with Crippen LogP contribution < -0.4 is 21.3 Å². The molecule has 1 aliphatic heterocycles. The molecule has 1 aliphatic carbocycles. The molecule has 1 aromatic carbocycles. The Balaban J connectivity index is 0.00000210. The highest BCUT2D eigenvalue weighted by Gasteiger charge is 2.30. The van der Waals surface area contributed by atoms with Gasteiger partial charge in [-0.1, -0.05) is 19.4 Å². The van der Waals surface area contributed by atoms with Gasteiger partial charge in [0.15, 0.2) is 0 Å². The molecule has 2 aliphatic rings. The minimum absolute atomic E-state index is 0. The maximum atomic E-state index is 12.8. The number of nitrogens with two attached hydrogens (primary N) is 1. The Hall–Kier alpha value is -1.50. The number of hydrogen-bond donors (Lipinski definition) is 3. The topological polar surface area (TPSA) is 87.5 Å². The normalized spacial score (nSPS) is 21.7. The van der Waals surface area contributed by atoms with Crippen molar-refractivity contribution in [3.05, 3.63) is 24.3 Å². The van der Waals surface area contributed by atoms with Crippen molar-refractivity contribution in [2.45, 2.75) is 64.0 Å². The van der Waals surface area contributed by atoms with Crippen LogP contribution in [0.25, 0.3) is 0 Å². The van der Waals surface area contributed by atoms with Gasteiger partial charge in [-0.25, -0.2) is 0 Å². The van der Waals surface area contributed by atoms with Crippen molar-refractivity contribution in [1.82, 2.24) is 5.32 Å². The number of carbonyl (C=O) groups excluding carboxylic acids is 2. The first-order chi connectivity index (χ1) is 13.1. The van der Waals surface area contributed by atoms with E-state index in [2.05, 4.69) is 21.6 Å². The van der Waals surface area contributed by atoms with Crippen LogP contribution in [0, 0.1) is 5.92 Å². The molecule has 1 saturated heterocycles. The molecule has 8 heteroatoms. The molecule has 2 fully saturated rings. The van der Waals surface area contributed by atoms with Crippen LogP contribution in [0.4, 0.5) is 11.4 Å². The van der Waals surface area contributed by atoms with Crippen molar-refractivity contribution in [3.8, 4) is 0 Å². The maximum absolute atomic E-state index is 12.8. The van der Waals surface area contributed by atoms with E-state index in [-0.39, 0.29) is 48.6 Å². The molecule has 0 spiro atoms. The van der Waals surface area contributed by atoms with Gasteiger partial charge in [0.25, 0.3) is 0 Å². The molecule has 0 bridgehead atoms. The van der Waals surface area contributed by atoms with Crippen LogP contribution in [-0.4, -0.2) is 37.0 Å². The van der Waals surface area contributed by atoms with Crippen molar-refractivity contribution < 1.29 is 9.59 Å². The number of carbonyl (C=O) groups is 2. The van der Waals surface area contributed by atoms with Gasteiger partial charge >= 0.3 is 0 Å². The van der Waals surface area contributed by atoms with Gasteiger partial charge in [-0.15, -0.1) is 24.8 Å².